The average Bonchev–Trinajstić information content (AvgIpc) is 3.40. The van der Waals surface area contributed by atoms with Gasteiger partial charge in [0.2, 0.25) is 0 Å². The summed E-state index contributed by atoms with van der Waals surface area (Å²) in [6.07, 6.45) is 12.8. The lowest BCUT2D eigenvalue weighted by Gasteiger charge is -2.12. The third kappa shape index (κ3) is 7.51. The molecule has 1 aliphatic rings. The summed E-state index contributed by atoms with van der Waals surface area (Å²) in [6, 6.07) is 9.30. The van der Waals surface area contributed by atoms with Crippen LogP contribution in [0.4, 0.5) is 5.82 Å². The van der Waals surface area contributed by atoms with Crippen LogP contribution in [0.3, 0.4) is 0 Å². The number of nitrogens with two attached hydrogens (primary N) is 2. The molecule has 4 heterocycles. The molecule has 3 aromatic heterocycles. The standard InChI is InChI=1S/C26H31N9S/c27-15-21(17-31-9-4-12-35-10-1-2-11-35)20-14-23-22(32-18-20)6-7-25(33-23)34-26(29)36-24(28)13-19-5-3-8-30-16-19/h3,5-8,14-18,27-28,31H,1-2,4,9-13H2,(H2,29,33,34)/p+1/b21-17+,27-15?,28-24?. The molecule has 0 amide bonds. The van der Waals surface area contributed by atoms with E-state index in [4.69, 9.17) is 16.6 Å². The molecule has 1 saturated heterocycles. The van der Waals surface area contributed by atoms with Crippen LogP contribution in [0.25, 0.3) is 16.6 Å². The SMILES string of the molecule is N=C/C(=C\[NH2+]CCCN1CCCC1)c1cnc2ccc(N=C(N)SC(=N)Cc3cccnc3)nc2c1. The largest absolute Gasteiger partial charge is 0.378 e. The van der Waals surface area contributed by atoms with Gasteiger partial charge in [-0.3, -0.25) is 15.4 Å². The van der Waals surface area contributed by atoms with E-state index in [9.17, 15) is 0 Å². The van der Waals surface area contributed by atoms with Gasteiger partial charge >= 0.3 is 0 Å². The average molecular weight is 503 g/mol. The highest BCUT2D eigenvalue weighted by Gasteiger charge is 2.11. The molecule has 0 aromatic carbocycles. The van der Waals surface area contributed by atoms with E-state index >= 15 is 0 Å². The fourth-order valence-corrected chi connectivity index (χ4v) is 4.71. The van der Waals surface area contributed by atoms with Crippen LogP contribution in [0.5, 0.6) is 0 Å². The summed E-state index contributed by atoms with van der Waals surface area (Å²) >= 11 is 1.11. The van der Waals surface area contributed by atoms with Gasteiger partial charge in [0, 0.05) is 49.8 Å². The second-order valence-electron chi connectivity index (χ2n) is 8.64. The van der Waals surface area contributed by atoms with Crippen LogP contribution < -0.4 is 11.1 Å². The number of fused-ring (bicyclic) bond motifs is 1. The maximum atomic E-state index is 8.19. The number of nitrogens with zero attached hydrogens (tertiary/aromatic N) is 5. The van der Waals surface area contributed by atoms with E-state index in [0.29, 0.717) is 22.8 Å². The third-order valence-electron chi connectivity index (χ3n) is 5.89. The molecule has 4 rings (SSSR count). The predicted octanol–water partition coefficient (Wildman–Crippen LogP) is 2.96. The number of rotatable bonds is 10. The van der Waals surface area contributed by atoms with E-state index < -0.39 is 0 Å². The number of aromatic nitrogens is 3. The van der Waals surface area contributed by atoms with Gasteiger partial charge in [-0.25, -0.2) is 9.98 Å². The molecule has 3 aromatic rings. The summed E-state index contributed by atoms with van der Waals surface area (Å²) in [6.45, 7) is 4.57. The first-order valence-corrected chi connectivity index (χ1v) is 12.9. The fraction of sp³-hybridized carbons (Fsp3) is 0.308. The number of hydrogen-bond donors (Lipinski definition) is 4. The van der Waals surface area contributed by atoms with Crippen molar-refractivity contribution in [2.24, 2.45) is 10.7 Å². The van der Waals surface area contributed by atoms with Gasteiger partial charge in [0.25, 0.3) is 0 Å². The lowest BCUT2D eigenvalue weighted by Crippen LogP contribution is -2.78. The molecular formula is C26H32N9S+. The number of allylic oxidation sites excluding steroid dienone is 1. The summed E-state index contributed by atoms with van der Waals surface area (Å²) in [5.74, 6) is 0.453. The number of thioether (sulfide) groups is 1. The van der Waals surface area contributed by atoms with Crippen molar-refractivity contribution >= 4 is 50.6 Å². The first-order valence-electron chi connectivity index (χ1n) is 12.1. The van der Waals surface area contributed by atoms with E-state index in [1.165, 1.54) is 32.1 Å². The van der Waals surface area contributed by atoms with Crippen molar-refractivity contribution in [3.8, 4) is 0 Å². The van der Waals surface area contributed by atoms with E-state index in [1.807, 2.05) is 30.5 Å². The number of amidine groups is 1. The van der Waals surface area contributed by atoms with Crippen molar-refractivity contribution in [1.82, 2.24) is 19.9 Å². The van der Waals surface area contributed by atoms with Crippen molar-refractivity contribution in [1.29, 1.82) is 10.8 Å². The summed E-state index contributed by atoms with van der Waals surface area (Å²) < 4.78 is 0. The first kappa shape index (κ1) is 25.6. The molecule has 0 spiro atoms. The minimum atomic E-state index is 0.253. The van der Waals surface area contributed by atoms with Gasteiger partial charge in [-0.05, 0) is 67.5 Å². The molecule has 0 radical (unpaired) electrons. The molecular weight excluding hydrogens is 470 g/mol. The van der Waals surface area contributed by atoms with E-state index in [1.54, 1.807) is 24.7 Å². The predicted molar refractivity (Wildman–Crippen MR) is 148 cm³/mol. The van der Waals surface area contributed by atoms with Crippen LogP contribution >= 0.6 is 11.8 Å². The monoisotopic (exact) mass is 502 g/mol. The second kappa shape index (κ2) is 13.0. The Kier molecular flexibility index (Phi) is 9.26. The van der Waals surface area contributed by atoms with Gasteiger partial charge in [-0.15, -0.1) is 0 Å². The number of likely N-dealkylation sites (tertiary alicyclic amines) is 1. The Bertz CT molecular complexity index is 1250. The molecule has 6 N–H and O–H groups in total. The number of nitrogens with one attached hydrogen (secondary N) is 2. The Labute approximate surface area is 215 Å². The summed E-state index contributed by atoms with van der Waals surface area (Å²) in [4.78, 5) is 20.1. The molecule has 1 aliphatic heterocycles. The van der Waals surface area contributed by atoms with Crippen LogP contribution in [0.1, 0.15) is 30.4 Å². The van der Waals surface area contributed by atoms with Crippen molar-refractivity contribution in [3.63, 3.8) is 0 Å². The van der Waals surface area contributed by atoms with Gasteiger partial charge in [-0.2, -0.15) is 0 Å². The van der Waals surface area contributed by atoms with E-state index in [-0.39, 0.29) is 5.17 Å². The van der Waals surface area contributed by atoms with Crippen molar-refractivity contribution in [3.05, 3.63) is 66.2 Å². The van der Waals surface area contributed by atoms with Gasteiger partial charge in [0.1, 0.15) is 6.20 Å². The number of hydrogen-bond acceptors (Lipinski definition) is 8. The van der Waals surface area contributed by atoms with Crippen molar-refractivity contribution in [2.45, 2.75) is 25.7 Å². The topological polar surface area (TPSA) is 145 Å². The highest BCUT2D eigenvalue weighted by molar-refractivity contribution is 8.26. The highest BCUT2D eigenvalue weighted by Crippen LogP contribution is 2.20. The second-order valence-corrected chi connectivity index (χ2v) is 9.75. The van der Waals surface area contributed by atoms with E-state index in [0.717, 1.165) is 53.5 Å². The van der Waals surface area contributed by atoms with Crippen LogP contribution in [-0.2, 0) is 6.42 Å². The van der Waals surface area contributed by atoms with Crippen LogP contribution in [0.15, 0.2) is 60.1 Å². The van der Waals surface area contributed by atoms with Crippen LogP contribution in [0, 0.1) is 10.8 Å². The molecule has 36 heavy (non-hydrogen) atoms. The zero-order valence-electron chi connectivity index (χ0n) is 20.2. The molecule has 186 valence electrons. The molecule has 9 nitrogen and oxygen atoms in total. The lowest BCUT2D eigenvalue weighted by molar-refractivity contribution is -0.587. The zero-order chi connectivity index (χ0) is 25.2. The number of quaternary nitrogens is 1. The lowest BCUT2D eigenvalue weighted by atomic mass is 10.1. The maximum Gasteiger partial charge on any atom is 0.166 e. The number of pyridine rings is 3. The van der Waals surface area contributed by atoms with Gasteiger partial charge in [0.05, 0.1) is 28.2 Å². The minimum Gasteiger partial charge on any atom is -0.378 e. The first-order chi connectivity index (χ1) is 17.6. The minimum absolute atomic E-state index is 0.253. The quantitative estimate of drug-likeness (QED) is 0.191. The molecule has 0 atom stereocenters. The normalized spacial score (nSPS) is 14.9. The smallest absolute Gasteiger partial charge is 0.166 e. The Morgan fingerprint density at radius 3 is 2.83 bits per heavy atom. The Morgan fingerprint density at radius 1 is 1.19 bits per heavy atom. The molecule has 1 fully saturated rings. The third-order valence-corrected chi connectivity index (χ3v) is 6.58. The summed E-state index contributed by atoms with van der Waals surface area (Å²) in [5.41, 5.74) is 10.1. The Balaban J connectivity index is 1.38. The van der Waals surface area contributed by atoms with Crippen molar-refractivity contribution in [2.75, 3.05) is 26.2 Å². The van der Waals surface area contributed by atoms with Crippen LogP contribution in [0.2, 0.25) is 0 Å². The molecule has 0 bridgehead atoms. The van der Waals surface area contributed by atoms with Crippen molar-refractivity contribution < 1.29 is 5.32 Å². The zero-order valence-corrected chi connectivity index (χ0v) is 21.0. The van der Waals surface area contributed by atoms with Gasteiger partial charge in [0.15, 0.2) is 11.0 Å². The molecule has 0 saturated carbocycles. The van der Waals surface area contributed by atoms with E-state index in [2.05, 4.69) is 30.2 Å². The van der Waals surface area contributed by atoms with Gasteiger partial charge < -0.3 is 21.4 Å². The fourth-order valence-electron chi connectivity index (χ4n) is 4.08. The Hall–Kier alpha value is -3.47. The summed E-state index contributed by atoms with van der Waals surface area (Å²) in [7, 11) is 0. The number of aliphatic imine (C=N–C) groups is 1. The Morgan fingerprint density at radius 2 is 2.06 bits per heavy atom. The highest BCUT2D eigenvalue weighted by atomic mass is 32.2. The van der Waals surface area contributed by atoms with Crippen LogP contribution in [-0.4, -0.2) is 62.5 Å². The molecule has 0 aliphatic carbocycles. The summed E-state index contributed by atoms with van der Waals surface area (Å²) in [5, 5.41) is 18.8. The van der Waals surface area contributed by atoms with Gasteiger partial charge in [-0.1, -0.05) is 6.07 Å². The molecule has 10 heteroatoms. The maximum absolute atomic E-state index is 8.19. The molecule has 0 unspecified atom stereocenters.